The van der Waals surface area contributed by atoms with Gasteiger partial charge in [0.1, 0.15) is 10.0 Å². The molecule has 0 atom stereocenters. The Morgan fingerprint density at radius 3 is 2.78 bits per heavy atom. The standard InChI is InChI=1S/C18H18N2OS2/c21-16(12-6-2-1-3-7-12)20-17-13(10-11-22-17)18-19-14-8-4-5-9-15(14)23-18/h4-5,8-12H,1-3,6-7H2,(H,20,21). The number of nitrogens with one attached hydrogen (secondary N) is 1. The van der Waals surface area contributed by atoms with E-state index in [0.717, 1.165) is 33.9 Å². The molecule has 1 aromatic carbocycles. The molecule has 1 fully saturated rings. The Morgan fingerprint density at radius 2 is 1.96 bits per heavy atom. The van der Waals surface area contributed by atoms with Crippen LogP contribution in [0.5, 0.6) is 0 Å². The molecular weight excluding hydrogens is 324 g/mol. The summed E-state index contributed by atoms with van der Waals surface area (Å²) in [6.07, 6.45) is 5.65. The maximum absolute atomic E-state index is 12.5. The molecule has 5 heteroatoms. The van der Waals surface area contributed by atoms with Crippen molar-refractivity contribution < 1.29 is 4.79 Å². The van der Waals surface area contributed by atoms with Crippen molar-refractivity contribution in [2.75, 3.05) is 5.32 Å². The molecule has 4 rings (SSSR count). The van der Waals surface area contributed by atoms with Crippen LogP contribution in [-0.4, -0.2) is 10.9 Å². The van der Waals surface area contributed by atoms with Crippen molar-refractivity contribution in [1.29, 1.82) is 0 Å². The summed E-state index contributed by atoms with van der Waals surface area (Å²) in [5, 5.41) is 7.08. The van der Waals surface area contributed by atoms with E-state index in [2.05, 4.69) is 17.4 Å². The first-order chi connectivity index (χ1) is 11.3. The van der Waals surface area contributed by atoms with Gasteiger partial charge in [0.15, 0.2) is 0 Å². The van der Waals surface area contributed by atoms with Crippen molar-refractivity contribution in [3.63, 3.8) is 0 Å². The summed E-state index contributed by atoms with van der Waals surface area (Å²) in [6, 6.07) is 10.2. The minimum atomic E-state index is 0.175. The largest absolute Gasteiger partial charge is 0.317 e. The zero-order chi connectivity index (χ0) is 15.6. The highest BCUT2D eigenvalue weighted by Gasteiger charge is 2.22. The maximum atomic E-state index is 12.5. The Hall–Kier alpha value is -1.72. The molecule has 3 aromatic rings. The summed E-state index contributed by atoms with van der Waals surface area (Å²) >= 11 is 3.26. The second-order valence-electron chi connectivity index (χ2n) is 5.97. The Bertz CT molecular complexity index is 797. The minimum Gasteiger partial charge on any atom is -0.317 e. The fourth-order valence-corrected chi connectivity index (χ4v) is 4.99. The number of hydrogen-bond donors (Lipinski definition) is 1. The van der Waals surface area contributed by atoms with E-state index < -0.39 is 0 Å². The molecule has 23 heavy (non-hydrogen) atoms. The molecule has 0 spiro atoms. The van der Waals surface area contributed by atoms with E-state index in [1.807, 2.05) is 23.6 Å². The molecule has 1 amide bonds. The summed E-state index contributed by atoms with van der Waals surface area (Å²) in [4.78, 5) is 17.2. The Labute approximate surface area is 143 Å². The van der Waals surface area contributed by atoms with Gasteiger partial charge in [-0.1, -0.05) is 31.4 Å². The summed E-state index contributed by atoms with van der Waals surface area (Å²) in [5.41, 5.74) is 2.06. The number of fused-ring (bicyclic) bond motifs is 1. The van der Waals surface area contributed by atoms with Gasteiger partial charge in [-0.05, 0) is 36.4 Å². The zero-order valence-corrected chi connectivity index (χ0v) is 14.4. The highest BCUT2D eigenvalue weighted by molar-refractivity contribution is 7.22. The average molecular weight is 342 g/mol. The fraction of sp³-hybridized carbons (Fsp3) is 0.333. The third kappa shape index (κ3) is 3.03. The molecule has 1 N–H and O–H groups in total. The van der Waals surface area contributed by atoms with E-state index in [1.165, 1.54) is 24.0 Å². The summed E-state index contributed by atoms with van der Waals surface area (Å²) in [5.74, 6) is 0.351. The molecule has 118 valence electrons. The van der Waals surface area contributed by atoms with Gasteiger partial charge in [0.05, 0.1) is 10.2 Å². The van der Waals surface area contributed by atoms with Gasteiger partial charge in [-0.15, -0.1) is 22.7 Å². The van der Waals surface area contributed by atoms with Gasteiger partial charge >= 0.3 is 0 Å². The number of anilines is 1. The number of thiophene rings is 1. The van der Waals surface area contributed by atoms with Gasteiger partial charge in [-0.2, -0.15) is 0 Å². The first kappa shape index (κ1) is 14.8. The zero-order valence-electron chi connectivity index (χ0n) is 12.7. The third-order valence-corrected chi connectivity index (χ3v) is 6.30. The van der Waals surface area contributed by atoms with Crippen LogP contribution in [0.4, 0.5) is 5.00 Å². The topological polar surface area (TPSA) is 42.0 Å². The van der Waals surface area contributed by atoms with E-state index in [-0.39, 0.29) is 11.8 Å². The van der Waals surface area contributed by atoms with E-state index in [9.17, 15) is 4.79 Å². The quantitative estimate of drug-likeness (QED) is 0.678. The van der Waals surface area contributed by atoms with E-state index in [4.69, 9.17) is 4.98 Å². The van der Waals surface area contributed by atoms with Crippen molar-refractivity contribution in [2.45, 2.75) is 32.1 Å². The van der Waals surface area contributed by atoms with Crippen LogP contribution >= 0.6 is 22.7 Å². The van der Waals surface area contributed by atoms with E-state index in [0.29, 0.717) is 0 Å². The first-order valence-corrected chi connectivity index (χ1v) is 9.75. The SMILES string of the molecule is O=C(Nc1sccc1-c1nc2ccccc2s1)C1CCCCC1. The molecular formula is C18H18N2OS2. The molecule has 1 aliphatic rings. The monoisotopic (exact) mass is 342 g/mol. The predicted molar refractivity (Wildman–Crippen MR) is 98.1 cm³/mol. The molecule has 0 aliphatic heterocycles. The second kappa shape index (κ2) is 6.42. The van der Waals surface area contributed by atoms with Crippen molar-refractivity contribution in [1.82, 2.24) is 4.98 Å². The number of para-hydroxylation sites is 1. The van der Waals surface area contributed by atoms with Gasteiger partial charge in [0.25, 0.3) is 0 Å². The molecule has 2 heterocycles. The lowest BCUT2D eigenvalue weighted by atomic mass is 9.89. The van der Waals surface area contributed by atoms with Crippen LogP contribution in [0.15, 0.2) is 35.7 Å². The summed E-state index contributed by atoms with van der Waals surface area (Å²) in [6.45, 7) is 0. The number of rotatable bonds is 3. The van der Waals surface area contributed by atoms with Crippen LogP contribution in [0.25, 0.3) is 20.8 Å². The van der Waals surface area contributed by atoms with Gasteiger partial charge in [-0.3, -0.25) is 4.79 Å². The normalized spacial score (nSPS) is 15.8. The number of carbonyl (C=O) groups excluding carboxylic acids is 1. The predicted octanol–water partition coefficient (Wildman–Crippen LogP) is 5.54. The number of hydrogen-bond acceptors (Lipinski definition) is 4. The molecule has 0 radical (unpaired) electrons. The summed E-state index contributed by atoms with van der Waals surface area (Å²) < 4.78 is 1.18. The average Bonchev–Trinajstić information content (AvgIpc) is 3.21. The molecule has 1 aliphatic carbocycles. The number of aromatic nitrogens is 1. The van der Waals surface area contributed by atoms with E-state index >= 15 is 0 Å². The Morgan fingerprint density at radius 1 is 1.13 bits per heavy atom. The number of amides is 1. The lowest BCUT2D eigenvalue weighted by Crippen LogP contribution is -2.24. The second-order valence-corrected chi connectivity index (χ2v) is 7.92. The van der Waals surface area contributed by atoms with Crippen LogP contribution in [0.1, 0.15) is 32.1 Å². The smallest absolute Gasteiger partial charge is 0.228 e. The van der Waals surface area contributed by atoms with Crippen molar-refractivity contribution in [2.24, 2.45) is 5.92 Å². The molecule has 2 aromatic heterocycles. The van der Waals surface area contributed by atoms with Gasteiger partial charge in [-0.25, -0.2) is 4.98 Å². The van der Waals surface area contributed by atoms with Crippen molar-refractivity contribution in [3.05, 3.63) is 35.7 Å². The molecule has 0 unspecified atom stereocenters. The van der Waals surface area contributed by atoms with Gasteiger partial charge in [0, 0.05) is 11.5 Å². The lowest BCUT2D eigenvalue weighted by Gasteiger charge is -2.20. The van der Waals surface area contributed by atoms with Crippen molar-refractivity contribution in [3.8, 4) is 10.6 Å². The van der Waals surface area contributed by atoms with Crippen LogP contribution < -0.4 is 5.32 Å². The maximum Gasteiger partial charge on any atom is 0.228 e. The fourth-order valence-electron chi connectivity index (χ4n) is 3.14. The Balaban J connectivity index is 1.59. The highest BCUT2D eigenvalue weighted by Crippen LogP contribution is 2.38. The first-order valence-electron chi connectivity index (χ1n) is 8.05. The minimum absolute atomic E-state index is 0.175. The summed E-state index contributed by atoms with van der Waals surface area (Å²) in [7, 11) is 0. The van der Waals surface area contributed by atoms with Gasteiger partial charge < -0.3 is 5.32 Å². The molecule has 3 nitrogen and oxygen atoms in total. The third-order valence-electron chi connectivity index (χ3n) is 4.40. The van der Waals surface area contributed by atoms with Crippen molar-refractivity contribution >= 4 is 43.8 Å². The van der Waals surface area contributed by atoms with Gasteiger partial charge in [0.2, 0.25) is 5.91 Å². The number of thiazole rings is 1. The number of carbonyl (C=O) groups is 1. The number of benzene rings is 1. The molecule has 0 bridgehead atoms. The lowest BCUT2D eigenvalue weighted by molar-refractivity contribution is -0.120. The Kier molecular flexibility index (Phi) is 4.14. The van der Waals surface area contributed by atoms with Crippen LogP contribution in [0, 0.1) is 5.92 Å². The van der Waals surface area contributed by atoms with Crippen LogP contribution in [0.3, 0.4) is 0 Å². The van der Waals surface area contributed by atoms with E-state index in [1.54, 1.807) is 22.7 Å². The molecule has 0 saturated heterocycles. The van der Waals surface area contributed by atoms with Crippen LogP contribution in [0.2, 0.25) is 0 Å². The molecule has 1 saturated carbocycles. The number of nitrogens with zero attached hydrogens (tertiary/aromatic N) is 1. The highest BCUT2D eigenvalue weighted by atomic mass is 32.1. The van der Waals surface area contributed by atoms with Crippen LogP contribution in [-0.2, 0) is 4.79 Å².